The minimum absolute atomic E-state index is 0.307. The van der Waals surface area contributed by atoms with Crippen molar-refractivity contribution in [3.63, 3.8) is 0 Å². The number of aromatic nitrogens is 4. The van der Waals surface area contributed by atoms with Crippen LogP contribution in [0.15, 0.2) is 71.8 Å². The number of nitrogens with zero attached hydrogens (tertiary/aromatic N) is 4. The molecule has 0 N–H and O–H groups in total. The van der Waals surface area contributed by atoms with Gasteiger partial charge in [0.15, 0.2) is 11.5 Å². The number of methoxy groups -OCH3 is 1. The molecule has 0 radical (unpaired) electrons. The highest BCUT2D eigenvalue weighted by Gasteiger charge is 2.13. The molecule has 6 heteroatoms. The zero-order valence-electron chi connectivity index (χ0n) is 14.5. The lowest BCUT2D eigenvalue weighted by atomic mass is 10.2. The minimum Gasteiger partial charge on any atom is -0.497 e. The van der Waals surface area contributed by atoms with Gasteiger partial charge in [0.25, 0.3) is 0 Å². The fourth-order valence-corrected chi connectivity index (χ4v) is 3.66. The lowest BCUT2D eigenvalue weighted by Crippen LogP contribution is -1.98. The van der Waals surface area contributed by atoms with Gasteiger partial charge in [0.1, 0.15) is 10.8 Å². The standard InChI is InChI=1S/C20H18N4OS/c1-14(15-6-4-3-5-7-15)26-19-13-12-18-21-22-20(24(18)23-19)16-8-10-17(25-2)11-9-16/h3-14H,1-2H3. The van der Waals surface area contributed by atoms with Crippen molar-refractivity contribution >= 4 is 17.4 Å². The molecule has 5 nitrogen and oxygen atoms in total. The smallest absolute Gasteiger partial charge is 0.185 e. The van der Waals surface area contributed by atoms with Crippen molar-refractivity contribution in [2.75, 3.05) is 7.11 Å². The number of hydrogen-bond acceptors (Lipinski definition) is 5. The summed E-state index contributed by atoms with van der Waals surface area (Å²) in [5, 5.41) is 14.5. The fourth-order valence-electron chi connectivity index (χ4n) is 2.73. The van der Waals surface area contributed by atoms with Crippen LogP contribution in [0.5, 0.6) is 5.75 Å². The van der Waals surface area contributed by atoms with E-state index in [2.05, 4.69) is 41.4 Å². The summed E-state index contributed by atoms with van der Waals surface area (Å²) < 4.78 is 7.01. The van der Waals surface area contributed by atoms with Crippen molar-refractivity contribution in [2.24, 2.45) is 0 Å². The van der Waals surface area contributed by atoms with Gasteiger partial charge in [0.05, 0.1) is 7.11 Å². The molecule has 0 aliphatic carbocycles. The number of fused-ring (bicyclic) bond motifs is 1. The highest BCUT2D eigenvalue weighted by molar-refractivity contribution is 7.99. The van der Waals surface area contributed by atoms with Crippen LogP contribution in [0.25, 0.3) is 17.0 Å². The molecule has 2 aromatic carbocycles. The zero-order chi connectivity index (χ0) is 17.9. The molecular weight excluding hydrogens is 344 g/mol. The summed E-state index contributed by atoms with van der Waals surface area (Å²) in [6, 6.07) is 22.1. The second-order valence-electron chi connectivity index (χ2n) is 5.86. The molecule has 0 saturated carbocycles. The Balaban J connectivity index is 1.66. The highest BCUT2D eigenvalue weighted by atomic mass is 32.2. The van der Waals surface area contributed by atoms with Crippen LogP contribution in [0.4, 0.5) is 0 Å². The van der Waals surface area contributed by atoms with Crippen molar-refractivity contribution in [1.29, 1.82) is 0 Å². The van der Waals surface area contributed by atoms with Crippen molar-refractivity contribution in [3.8, 4) is 17.1 Å². The summed E-state index contributed by atoms with van der Waals surface area (Å²) in [7, 11) is 1.65. The molecule has 0 spiro atoms. The molecule has 26 heavy (non-hydrogen) atoms. The summed E-state index contributed by atoms with van der Waals surface area (Å²) >= 11 is 1.72. The Morgan fingerprint density at radius 3 is 2.42 bits per heavy atom. The van der Waals surface area contributed by atoms with Crippen molar-refractivity contribution in [2.45, 2.75) is 17.2 Å². The minimum atomic E-state index is 0.307. The number of rotatable bonds is 5. The van der Waals surface area contributed by atoms with Gasteiger partial charge in [0, 0.05) is 10.8 Å². The monoisotopic (exact) mass is 362 g/mol. The average Bonchev–Trinajstić information content (AvgIpc) is 3.12. The normalized spacial score (nSPS) is 12.2. The first-order valence-electron chi connectivity index (χ1n) is 8.33. The second kappa shape index (κ2) is 7.17. The molecule has 4 rings (SSSR count). The van der Waals surface area contributed by atoms with Crippen LogP contribution in [0.2, 0.25) is 0 Å². The SMILES string of the molecule is COc1ccc(-c2nnc3ccc(SC(C)c4ccccc4)nn23)cc1. The molecule has 0 fully saturated rings. The lowest BCUT2D eigenvalue weighted by Gasteiger charge is -2.11. The summed E-state index contributed by atoms with van der Waals surface area (Å²) in [6.07, 6.45) is 0. The van der Waals surface area contributed by atoms with Gasteiger partial charge in [-0.05, 0) is 48.9 Å². The predicted octanol–water partition coefficient (Wildman–Crippen LogP) is 4.65. The van der Waals surface area contributed by atoms with Crippen molar-refractivity contribution in [1.82, 2.24) is 19.8 Å². The Kier molecular flexibility index (Phi) is 4.58. The van der Waals surface area contributed by atoms with Crippen molar-refractivity contribution in [3.05, 3.63) is 72.3 Å². The third-order valence-corrected chi connectivity index (χ3v) is 5.24. The Hall–Kier alpha value is -2.86. The van der Waals surface area contributed by atoms with Gasteiger partial charge in [-0.3, -0.25) is 0 Å². The quantitative estimate of drug-likeness (QED) is 0.484. The van der Waals surface area contributed by atoms with Crippen LogP contribution in [0.1, 0.15) is 17.7 Å². The first kappa shape index (κ1) is 16.6. The maximum absolute atomic E-state index is 5.22. The van der Waals surface area contributed by atoms with Crippen molar-refractivity contribution < 1.29 is 4.74 Å². The molecule has 0 bridgehead atoms. The molecule has 1 unspecified atom stereocenters. The fraction of sp³-hybridized carbons (Fsp3) is 0.150. The molecule has 1 atom stereocenters. The Labute approximate surface area is 156 Å². The molecule has 0 aliphatic rings. The number of thioether (sulfide) groups is 1. The van der Waals surface area contributed by atoms with Gasteiger partial charge >= 0.3 is 0 Å². The number of hydrogen-bond donors (Lipinski definition) is 0. The van der Waals surface area contributed by atoms with E-state index in [0.29, 0.717) is 5.25 Å². The molecule has 0 amide bonds. The first-order chi connectivity index (χ1) is 12.7. The van der Waals surface area contributed by atoms with Crippen LogP contribution in [-0.4, -0.2) is 26.9 Å². The third kappa shape index (κ3) is 3.28. The largest absolute Gasteiger partial charge is 0.497 e. The zero-order valence-corrected chi connectivity index (χ0v) is 15.4. The van der Waals surface area contributed by atoms with Crippen LogP contribution in [0, 0.1) is 0 Å². The molecule has 2 aromatic heterocycles. The summed E-state index contributed by atoms with van der Waals surface area (Å²) in [4.78, 5) is 0. The van der Waals surface area contributed by atoms with E-state index in [0.717, 1.165) is 27.8 Å². The molecule has 130 valence electrons. The van der Waals surface area contributed by atoms with Crippen LogP contribution in [0.3, 0.4) is 0 Å². The Morgan fingerprint density at radius 2 is 1.69 bits per heavy atom. The molecule has 0 aliphatic heterocycles. The summed E-state index contributed by atoms with van der Waals surface area (Å²) in [5.74, 6) is 1.53. The maximum Gasteiger partial charge on any atom is 0.185 e. The van der Waals surface area contributed by atoms with Gasteiger partial charge in [0.2, 0.25) is 0 Å². The Bertz CT molecular complexity index is 1020. The van der Waals surface area contributed by atoms with E-state index < -0.39 is 0 Å². The van der Waals surface area contributed by atoms with Gasteiger partial charge < -0.3 is 4.74 Å². The van der Waals surface area contributed by atoms with E-state index in [1.165, 1.54) is 5.56 Å². The maximum atomic E-state index is 5.22. The third-order valence-electron chi connectivity index (χ3n) is 4.15. The van der Waals surface area contributed by atoms with Gasteiger partial charge in [-0.2, -0.15) is 9.61 Å². The van der Waals surface area contributed by atoms with Gasteiger partial charge in [-0.15, -0.1) is 10.2 Å². The molecule has 0 saturated heterocycles. The van der Waals surface area contributed by atoms with E-state index in [4.69, 9.17) is 9.84 Å². The van der Waals surface area contributed by atoms with Crippen LogP contribution < -0.4 is 4.74 Å². The van der Waals surface area contributed by atoms with Crippen LogP contribution in [-0.2, 0) is 0 Å². The average molecular weight is 362 g/mol. The summed E-state index contributed by atoms with van der Waals surface area (Å²) in [6.45, 7) is 2.18. The van der Waals surface area contributed by atoms with E-state index in [9.17, 15) is 0 Å². The first-order valence-corrected chi connectivity index (χ1v) is 9.21. The second-order valence-corrected chi connectivity index (χ2v) is 7.23. The Morgan fingerprint density at radius 1 is 0.923 bits per heavy atom. The molecular formula is C20H18N4OS. The van der Waals surface area contributed by atoms with Gasteiger partial charge in [-0.1, -0.05) is 42.1 Å². The number of benzene rings is 2. The molecule has 4 aromatic rings. The van der Waals surface area contributed by atoms with E-state index in [-0.39, 0.29) is 0 Å². The van der Waals surface area contributed by atoms with E-state index >= 15 is 0 Å². The molecule has 2 heterocycles. The lowest BCUT2D eigenvalue weighted by molar-refractivity contribution is 0.415. The topological polar surface area (TPSA) is 52.3 Å². The summed E-state index contributed by atoms with van der Waals surface area (Å²) in [5.41, 5.74) is 2.95. The van der Waals surface area contributed by atoms with E-state index in [1.54, 1.807) is 23.4 Å². The van der Waals surface area contributed by atoms with Crippen LogP contribution >= 0.6 is 11.8 Å². The number of ether oxygens (including phenoxy) is 1. The predicted molar refractivity (Wildman–Crippen MR) is 103 cm³/mol. The van der Waals surface area contributed by atoms with Gasteiger partial charge in [-0.25, -0.2) is 0 Å². The van der Waals surface area contributed by atoms with E-state index in [1.807, 2.05) is 42.5 Å². The highest BCUT2D eigenvalue weighted by Crippen LogP contribution is 2.33.